The number of carbonyl (C=O) groups is 1. The van der Waals surface area contributed by atoms with Crippen LogP contribution in [0.5, 0.6) is 0 Å². The monoisotopic (exact) mass is 274 g/mol. The lowest BCUT2D eigenvalue weighted by atomic mass is 9.80. The molecular formula is C14H27ClN2O. The van der Waals surface area contributed by atoms with Gasteiger partial charge in [0, 0.05) is 26.1 Å². The fraction of sp³-hybridized carbons (Fsp3) is 0.929. The zero-order chi connectivity index (χ0) is 12.1. The summed E-state index contributed by atoms with van der Waals surface area (Å²) in [5.74, 6) is 1.88. The highest BCUT2D eigenvalue weighted by atomic mass is 35.5. The number of rotatable bonds is 2. The van der Waals surface area contributed by atoms with Crippen LogP contribution in [0.4, 0.5) is 0 Å². The molecule has 2 unspecified atom stereocenters. The van der Waals surface area contributed by atoms with Crippen LogP contribution in [0.2, 0.25) is 0 Å². The minimum Gasteiger partial charge on any atom is -0.341 e. The third kappa shape index (κ3) is 4.77. The third-order valence-electron chi connectivity index (χ3n) is 4.20. The third-order valence-corrected chi connectivity index (χ3v) is 4.20. The van der Waals surface area contributed by atoms with E-state index in [9.17, 15) is 4.79 Å². The van der Waals surface area contributed by atoms with Gasteiger partial charge in [-0.2, -0.15) is 0 Å². The number of amides is 1. The quantitative estimate of drug-likeness (QED) is 0.839. The molecule has 0 bridgehead atoms. The van der Waals surface area contributed by atoms with Gasteiger partial charge in [0.05, 0.1) is 0 Å². The first kappa shape index (κ1) is 15.8. The summed E-state index contributed by atoms with van der Waals surface area (Å²) in [6.07, 6.45) is 7.11. The molecule has 0 radical (unpaired) electrons. The molecule has 1 aliphatic carbocycles. The normalized spacial score (nSPS) is 29.3. The fourth-order valence-corrected chi connectivity index (χ4v) is 3.22. The first-order chi connectivity index (χ1) is 8.25. The van der Waals surface area contributed by atoms with Gasteiger partial charge in [-0.15, -0.1) is 12.4 Å². The maximum absolute atomic E-state index is 12.2. The van der Waals surface area contributed by atoms with Crippen molar-refractivity contribution >= 4 is 18.3 Å². The second kappa shape index (κ2) is 8.00. The van der Waals surface area contributed by atoms with E-state index < -0.39 is 0 Å². The Kier molecular flexibility index (Phi) is 7.02. The maximum atomic E-state index is 12.2. The van der Waals surface area contributed by atoms with Crippen molar-refractivity contribution < 1.29 is 4.79 Å². The van der Waals surface area contributed by atoms with Crippen LogP contribution in [0.15, 0.2) is 0 Å². The van der Waals surface area contributed by atoms with Crippen molar-refractivity contribution in [2.24, 2.45) is 11.8 Å². The standard InChI is InChI=1S/C14H26N2O.ClH/c1-12-4-2-5-13(10-12)11-14(17)16-8-3-6-15-7-9-16;/h12-13,15H,2-11H2,1H3;1H. The predicted octanol–water partition coefficient (Wildman–Crippen LogP) is 2.45. The van der Waals surface area contributed by atoms with Gasteiger partial charge in [0.25, 0.3) is 0 Å². The molecular weight excluding hydrogens is 248 g/mol. The molecule has 0 aromatic carbocycles. The molecule has 1 saturated heterocycles. The first-order valence-electron chi connectivity index (χ1n) is 7.24. The van der Waals surface area contributed by atoms with Crippen molar-refractivity contribution in [2.75, 3.05) is 26.2 Å². The second-order valence-corrected chi connectivity index (χ2v) is 5.83. The molecule has 1 heterocycles. The van der Waals surface area contributed by atoms with Gasteiger partial charge in [-0.05, 0) is 37.6 Å². The van der Waals surface area contributed by atoms with Crippen molar-refractivity contribution in [2.45, 2.75) is 45.4 Å². The molecule has 1 aliphatic heterocycles. The number of halogens is 1. The lowest BCUT2D eigenvalue weighted by molar-refractivity contribution is -0.132. The number of carbonyl (C=O) groups excluding carboxylic acids is 1. The molecule has 18 heavy (non-hydrogen) atoms. The summed E-state index contributed by atoms with van der Waals surface area (Å²) in [5.41, 5.74) is 0. The van der Waals surface area contributed by atoms with Crippen LogP contribution in [0.1, 0.15) is 45.4 Å². The highest BCUT2D eigenvalue weighted by molar-refractivity contribution is 5.85. The van der Waals surface area contributed by atoms with Crippen molar-refractivity contribution in [1.82, 2.24) is 10.2 Å². The highest BCUT2D eigenvalue weighted by Crippen LogP contribution is 2.31. The Morgan fingerprint density at radius 1 is 1.22 bits per heavy atom. The molecule has 2 fully saturated rings. The van der Waals surface area contributed by atoms with Gasteiger partial charge in [-0.1, -0.05) is 19.8 Å². The Balaban J connectivity index is 0.00000162. The van der Waals surface area contributed by atoms with E-state index in [4.69, 9.17) is 0 Å². The fourth-order valence-electron chi connectivity index (χ4n) is 3.22. The molecule has 2 aliphatic rings. The average Bonchev–Trinajstić information content (AvgIpc) is 2.57. The van der Waals surface area contributed by atoms with Crippen molar-refractivity contribution in [3.8, 4) is 0 Å². The van der Waals surface area contributed by atoms with Gasteiger partial charge in [0.2, 0.25) is 5.91 Å². The number of nitrogens with one attached hydrogen (secondary N) is 1. The van der Waals surface area contributed by atoms with E-state index in [1.165, 1.54) is 25.7 Å². The lowest BCUT2D eigenvalue weighted by Gasteiger charge is -2.28. The lowest BCUT2D eigenvalue weighted by Crippen LogP contribution is -2.35. The molecule has 4 heteroatoms. The predicted molar refractivity (Wildman–Crippen MR) is 77.1 cm³/mol. The molecule has 2 atom stereocenters. The SMILES string of the molecule is CC1CCCC(CC(=O)N2CCCNCC2)C1.Cl. The summed E-state index contributed by atoms with van der Waals surface area (Å²) in [6, 6.07) is 0. The first-order valence-corrected chi connectivity index (χ1v) is 7.24. The smallest absolute Gasteiger partial charge is 0.222 e. The van der Waals surface area contributed by atoms with Crippen LogP contribution in [-0.4, -0.2) is 37.0 Å². The van der Waals surface area contributed by atoms with Gasteiger partial charge >= 0.3 is 0 Å². The summed E-state index contributed by atoms with van der Waals surface area (Å²) in [7, 11) is 0. The van der Waals surface area contributed by atoms with Crippen LogP contribution >= 0.6 is 12.4 Å². The van der Waals surface area contributed by atoms with Crippen LogP contribution in [0, 0.1) is 11.8 Å². The van der Waals surface area contributed by atoms with Crippen molar-refractivity contribution in [1.29, 1.82) is 0 Å². The summed E-state index contributed by atoms with van der Waals surface area (Å²) in [5, 5.41) is 3.35. The summed E-state index contributed by atoms with van der Waals surface area (Å²) in [4.78, 5) is 14.3. The van der Waals surface area contributed by atoms with E-state index in [0.29, 0.717) is 11.8 Å². The molecule has 2 rings (SSSR count). The van der Waals surface area contributed by atoms with Gasteiger partial charge < -0.3 is 10.2 Å². The highest BCUT2D eigenvalue weighted by Gasteiger charge is 2.24. The molecule has 1 saturated carbocycles. The molecule has 106 valence electrons. The largest absolute Gasteiger partial charge is 0.341 e. The average molecular weight is 275 g/mol. The molecule has 0 aromatic rings. The van der Waals surface area contributed by atoms with Gasteiger partial charge in [-0.25, -0.2) is 0 Å². The molecule has 1 N–H and O–H groups in total. The zero-order valence-corrected chi connectivity index (χ0v) is 12.3. The molecule has 3 nitrogen and oxygen atoms in total. The van der Waals surface area contributed by atoms with E-state index in [2.05, 4.69) is 17.1 Å². The van der Waals surface area contributed by atoms with Crippen LogP contribution < -0.4 is 5.32 Å². The summed E-state index contributed by atoms with van der Waals surface area (Å²) < 4.78 is 0. The Morgan fingerprint density at radius 3 is 2.83 bits per heavy atom. The molecule has 0 aromatic heterocycles. The Hall–Kier alpha value is -0.280. The van der Waals surface area contributed by atoms with Gasteiger partial charge in [-0.3, -0.25) is 4.79 Å². The van der Waals surface area contributed by atoms with Crippen molar-refractivity contribution in [3.05, 3.63) is 0 Å². The van der Waals surface area contributed by atoms with E-state index in [-0.39, 0.29) is 12.4 Å². The maximum Gasteiger partial charge on any atom is 0.222 e. The number of nitrogens with zero attached hydrogens (tertiary/aromatic N) is 1. The van der Waals surface area contributed by atoms with Crippen LogP contribution in [0.25, 0.3) is 0 Å². The van der Waals surface area contributed by atoms with E-state index >= 15 is 0 Å². The molecule has 1 amide bonds. The molecule has 0 spiro atoms. The van der Waals surface area contributed by atoms with Crippen LogP contribution in [0.3, 0.4) is 0 Å². The van der Waals surface area contributed by atoms with Crippen molar-refractivity contribution in [3.63, 3.8) is 0 Å². The Morgan fingerprint density at radius 2 is 2.06 bits per heavy atom. The van der Waals surface area contributed by atoms with Gasteiger partial charge in [0.1, 0.15) is 0 Å². The Labute approximate surface area is 117 Å². The van der Waals surface area contributed by atoms with Crippen LogP contribution in [-0.2, 0) is 4.79 Å². The minimum atomic E-state index is 0. The topological polar surface area (TPSA) is 32.3 Å². The minimum absolute atomic E-state index is 0. The van der Waals surface area contributed by atoms with E-state index in [1.807, 2.05) is 0 Å². The zero-order valence-electron chi connectivity index (χ0n) is 11.5. The van der Waals surface area contributed by atoms with E-state index in [1.54, 1.807) is 0 Å². The van der Waals surface area contributed by atoms with E-state index in [0.717, 1.165) is 44.9 Å². The number of hydrogen-bond donors (Lipinski definition) is 1. The summed E-state index contributed by atoms with van der Waals surface area (Å²) in [6.45, 7) is 6.21. The second-order valence-electron chi connectivity index (χ2n) is 5.83. The van der Waals surface area contributed by atoms with Gasteiger partial charge in [0.15, 0.2) is 0 Å². The Bertz CT molecular complexity index is 252. The summed E-state index contributed by atoms with van der Waals surface area (Å²) >= 11 is 0. The number of hydrogen-bond acceptors (Lipinski definition) is 2.